The number of pyridine rings is 1. The van der Waals surface area contributed by atoms with Gasteiger partial charge in [0, 0.05) is 24.3 Å². The fourth-order valence-corrected chi connectivity index (χ4v) is 2.80. The Hall–Kier alpha value is -2.03. The largest absolute Gasteiger partial charge is 0.431 e. The van der Waals surface area contributed by atoms with E-state index in [-0.39, 0.29) is 31.1 Å². The van der Waals surface area contributed by atoms with Crippen molar-refractivity contribution >= 4 is 17.4 Å². The van der Waals surface area contributed by atoms with Gasteiger partial charge in [0.2, 0.25) is 0 Å². The highest BCUT2D eigenvalue weighted by molar-refractivity contribution is 6.30. The van der Waals surface area contributed by atoms with Gasteiger partial charge in [-0.05, 0) is 31.5 Å². The molecular weight excluding hydrogens is 409 g/mol. The van der Waals surface area contributed by atoms with E-state index in [1.165, 1.54) is 24.3 Å². The Morgan fingerprint density at radius 3 is 2.07 bits per heavy atom. The van der Waals surface area contributed by atoms with Crippen LogP contribution in [-0.4, -0.2) is 24.1 Å². The number of nitrogens with zero attached hydrogens (tertiary/aromatic N) is 1. The van der Waals surface area contributed by atoms with Gasteiger partial charge in [-0.25, -0.2) is 0 Å². The summed E-state index contributed by atoms with van der Waals surface area (Å²) in [5.41, 5.74) is 4.35. The second-order valence-corrected chi connectivity index (χ2v) is 6.05. The fourth-order valence-electron chi connectivity index (χ4n) is 2.68. The zero-order valence-electron chi connectivity index (χ0n) is 16.8. The number of halogens is 4. The van der Waals surface area contributed by atoms with Crippen LogP contribution in [0, 0.1) is 0 Å². The molecule has 0 amide bonds. The minimum Gasteiger partial charge on any atom is -0.384 e. The number of alkyl halides is 3. The van der Waals surface area contributed by atoms with E-state index in [1.807, 2.05) is 13.8 Å². The van der Waals surface area contributed by atoms with Crippen LogP contribution in [-0.2, 0) is 22.2 Å². The second kappa shape index (κ2) is 11.2. The third kappa shape index (κ3) is 6.48. The average Bonchev–Trinajstić information content (AvgIpc) is 2.66. The van der Waals surface area contributed by atoms with Gasteiger partial charge in [-0.3, -0.25) is 4.79 Å². The lowest BCUT2D eigenvalue weighted by molar-refractivity contribution is -0.157. The number of rotatable bonds is 7. The van der Waals surface area contributed by atoms with Crippen molar-refractivity contribution in [3.05, 3.63) is 51.3 Å². The Balaban J connectivity index is 0.00000204. The summed E-state index contributed by atoms with van der Waals surface area (Å²) in [6, 6.07) is 6.64. The molecule has 0 unspecified atom stereocenters. The van der Waals surface area contributed by atoms with Crippen molar-refractivity contribution in [2.24, 2.45) is 0 Å². The maximum Gasteiger partial charge on any atom is 0.431 e. The zero-order chi connectivity index (χ0) is 22.2. The van der Waals surface area contributed by atoms with Crippen LogP contribution in [0.1, 0.15) is 33.4 Å². The van der Waals surface area contributed by atoms with Crippen LogP contribution in [0.3, 0.4) is 0 Å². The quantitative estimate of drug-likeness (QED) is 0.608. The molecule has 5 nitrogen and oxygen atoms in total. The van der Waals surface area contributed by atoms with Gasteiger partial charge in [0.25, 0.3) is 0 Å². The predicted molar refractivity (Wildman–Crippen MR) is 109 cm³/mol. The van der Waals surface area contributed by atoms with Gasteiger partial charge in [0.15, 0.2) is 11.7 Å². The van der Waals surface area contributed by atoms with Crippen molar-refractivity contribution in [2.75, 3.05) is 18.9 Å². The third-order valence-corrected chi connectivity index (χ3v) is 4.06. The highest BCUT2D eigenvalue weighted by atomic mass is 35.5. The summed E-state index contributed by atoms with van der Waals surface area (Å²) in [5, 5.41) is 0.428. The first-order valence-electron chi connectivity index (χ1n) is 9.28. The van der Waals surface area contributed by atoms with Gasteiger partial charge in [0.1, 0.15) is 11.5 Å². The van der Waals surface area contributed by atoms with Gasteiger partial charge in [-0.1, -0.05) is 37.6 Å². The van der Waals surface area contributed by atoms with Crippen molar-refractivity contribution in [3.63, 3.8) is 0 Å². The molecule has 162 valence electrons. The Bertz CT molecular complexity index is 831. The van der Waals surface area contributed by atoms with Crippen molar-refractivity contribution in [1.29, 1.82) is 0 Å². The minimum atomic E-state index is -4.77. The summed E-state index contributed by atoms with van der Waals surface area (Å²) >= 11 is 5.84. The third-order valence-electron chi connectivity index (χ3n) is 3.81. The van der Waals surface area contributed by atoms with Crippen LogP contribution in [0.25, 0.3) is 11.1 Å². The first kappa shape index (κ1) is 25.0. The molecule has 0 aliphatic rings. The van der Waals surface area contributed by atoms with E-state index in [0.717, 1.165) is 4.57 Å². The molecule has 2 N–H and O–H groups in total. The Kier molecular flexibility index (Phi) is 9.68. The van der Waals surface area contributed by atoms with E-state index in [4.69, 9.17) is 26.8 Å². The number of ether oxygens (including phenoxy) is 2. The summed E-state index contributed by atoms with van der Waals surface area (Å²) < 4.78 is 52.0. The van der Waals surface area contributed by atoms with Crippen LogP contribution < -0.4 is 11.2 Å². The number of benzene rings is 1. The van der Waals surface area contributed by atoms with Crippen LogP contribution in [0.5, 0.6) is 0 Å². The van der Waals surface area contributed by atoms with Gasteiger partial charge < -0.3 is 19.8 Å². The monoisotopic (exact) mass is 434 g/mol. The molecule has 1 aromatic carbocycles. The number of aromatic nitrogens is 1. The van der Waals surface area contributed by atoms with E-state index in [9.17, 15) is 18.0 Å². The average molecular weight is 435 g/mol. The molecule has 29 heavy (non-hydrogen) atoms. The summed E-state index contributed by atoms with van der Waals surface area (Å²) in [5.74, 6) is -0.318. The highest BCUT2D eigenvalue weighted by Gasteiger charge is 2.36. The van der Waals surface area contributed by atoms with E-state index >= 15 is 0 Å². The van der Waals surface area contributed by atoms with E-state index < -0.39 is 23.6 Å². The topological polar surface area (TPSA) is 66.5 Å². The van der Waals surface area contributed by atoms with Crippen LogP contribution in [0.4, 0.5) is 19.0 Å². The standard InChI is InChI=1S/C18H20ClF3N2O3.C2H6/c1-3-26-15(27-4-2)10-24-14(18(20,21)22)9-13(25)16(17(24)23)11-5-7-12(19)8-6-11;1-2/h5-9,15H,3-4,10,23H2,1-2H3;1-2H3. The lowest BCUT2D eigenvalue weighted by Gasteiger charge is -2.24. The van der Waals surface area contributed by atoms with E-state index in [0.29, 0.717) is 16.7 Å². The molecule has 0 saturated carbocycles. The van der Waals surface area contributed by atoms with Crippen LogP contribution in [0.2, 0.25) is 5.02 Å². The maximum atomic E-state index is 13.5. The lowest BCUT2D eigenvalue weighted by atomic mass is 10.0. The molecule has 9 heteroatoms. The number of hydrogen-bond acceptors (Lipinski definition) is 4. The Morgan fingerprint density at radius 1 is 1.10 bits per heavy atom. The first-order chi connectivity index (χ1) is 13.7. The maximum absolute atomic E-state index is 13.5. The van der Waals surface area contributed by atoms with E-state index in [1.54, 1.807) is 13.8 Å². The van der Waals surface area contributed by atoms with Gasteiger partial charge in [-0.2, -0.15) is 13.2 Å². The highest BCUT2D eigenvalue weighted by Crippen LogP contribution is 2.33. The van der Waals surface area contributed by atoms with Crippen molar-refractivity contribution < 1.29 is 22.6 Å². The molecule has 1 heterocycles. The molecule has 0 radical (unpaired) electrons. The minimum absolute atomic E-state index is 0.0357. The summed E-state index contributed by atoms with van der Waals surface area (Å²) in [7, 11) is 0. The second-order valence-electron chi connectivity index (χ2n) is 5.61. The smallest absolute Gasteiger partial charge is 0.384 e. The molecule has 2 aromatic rings. The molecule has 0 saturated heterocycles. The molecule has 0 fully saturated rings. The van der Waals surface area contributed by atoms with Gasteiger partial charge >= 0.3 is 6.18 Å². The zero-order valence-corrected chi connectivity index (χ0v) is 17.6. The van der Waals surface area contributed by atoms with Gasteiger partial charge in [-0.15, -0.1) is 0 Å². The molecule has 2 rings (SSSR count). The molecule has 0 aliphatic heterocycles. The normalized spacial score (nSPS) is 11.3. The molecule has 0 bridgehead atoms. The molecule has 0 atom stereocenters. The molecule has 1 aromatic heterocycles. The van der Waals surface area contributed by atoms with Gasteiger partial charge in [0.05, 0.1) is 12.1 Å². The Morgan fingerprint density at radius 2 is 1.62 bits per heavy atom. The summed E-state index contributed by atoms with van der Waals surface area (Å²) in [4.78, 5) is 12.4. The van der Waals surface area contributed by atoms with Crippen LogP contribution in [0.15, 0.2) is 35.1 Å². The molecular formula is C20H26ClF3N2O3. The van der Waals surface area contributed by atoms with E-state index in [2.05, 4.69) is 0 Å². The predicted octanol–water partition coefficient (Wildman–Crippen LogP) is 5.20. The summed E-state index contributed by atoms with van der Waals surface area (Å²) in [6.07, 6.45) is -5.71. The number of nitrogen functional groups attached to an aromatic ring is 1. The first-order valence-corrected chi connectivity index (χ1v) is 9.66. The Labute approximate surface area is 173 Å². The fraction of sp³-hybridized carbons (Fsp3) is 0.450. The number of hydrogen-bond donors (Lipinski definition) is 1. The molecule has 0 spiro atoms. The number of nitrogens with two attached hydrogens (primary N) is 1. The lowest BCUT2D eigenvalue weighted by Crippen LogP contribution is -2.31. The number of anilines is 1. The van der Waals surface area contributed by atoms with Crippen molar-refractivity contribution in [3.8, 4) is 11.1 Å². The van der Waals surface area contributed by atoms with Crippen molar-refractivity contribution in [2.45, 2.75) is 46.7 Å². The summed E-state index contributed by atoms with van der Waals surface area (Å²) in [6.45, 7) is 7.57. The van der Waals surface area contributed by atoms with Crippen LogP contribution >= 0.6 is 11.6 Å². The SMILES string of the molecule is CC.CCOC(Cn1c(C(F)(F)F)cc(=O)c(-c2ccc(Cl)cc2)c1N)OCC. The molecule has 0 aliphatic carbocycles. The van der Waals surface area contributed by atoms with Crippen molar-refractivity contribution in [1.82, 2.24) is 4.57 Å².